The fraction of sp³-hybridized carbons (Fsp3) is 0.250. The summed E-state index contributed by atoms with van der Waals surface area (Å²) in [5.74, 6) is 0.0245. The molecule has 0 unspecified atom stereocenters. The summed E-state index contributed by atoms with van der Waals surface area (Å²) in [5.41, 5.74) is 2.95. The molecule has 2 N–H and O–H groups in total. The van der Waals surface area contributed by atoms with E-state index in [-0.39, 0.29) is 18.1 Å². The Morgan fingerprint density at radius 1 is 1.27 bits per heavy atom. The fourth-order valence-electron chi connectivity index (χ4n) is 2.88. The number of aryl methyl sites for hydroxylation is 1. The van der Waals surface area contributed by atoms with Crippen molar-refractivity contribution >= 4 is 34.1 Å². The minimum absolute atomic E-state index is 0.120. The van der Waals surface area contributed by atoms with Crippen molar-refractivity contribution in [1.82, 2.24) is 4.98 Å². The molecule has 0 atom stereocenters. The predicted molar refractivity (Wildman–Crippen MR) is 103 cm³/mol. The van der Waals surface area contributed by atoms with Crippen LogP contribution in [0.2, 0.25) is 5.02 Å². The van der Waals surface area contributed by atoms with Crippen LogP contribution in [0, 0.1) is 12.7 Å². The summed E-state index contributed by atoms with van der Waals surface area (Å²) in [4.78, 5) is 15.8. The first-order chi connectivity index (χ1) is 12.5. The Bertz CT molecular complexity index is 952. The second-order valence-corrected chi connectivity index (χ2v) is 6.57. The van der Waals surface area contributed by atoms with Gasteiger partial charge < -0.3 is 15.0 Å². The van der Waals surface area contributed by atoms with E-state index in [0.717, 1.165) is 23.2 Å². The molecule has 0 saturated carbocycles. The van der Waals surface area contributed by atoms with Gasteiger partial charge in [0.25, 0.3) is 0 Å². The van der Waals surface area contributed by atoms with Gasteiger partial charge in [-0.25, -0.2) is 4.39 Å². The molecule has 0 aliphatic heterocycles. The topological polar surface area (TPSA) is 54.1 Å². The highest BCUT2D eigenvalue weighted by Gasteiger charge is 2.15. The number of amides is 1. The molecular formula is C20H20ClFN2O2. The Morgan fingerprint density at radius 3 is 2.85 bits per heavy atom. The molecule has 3 aromatic rings. The van der Waals surface area contributed by atoms with Gasteiger partial charge in [0.2, 0.25) is 5.91 Å². The first-order valence-corrected chi connectivity index (χ1v) is 8.84. The monoisotopic (exact) mass is 374 g/mol. The third kappa shape index (κ3) is 3.99. The van der Waals surface area contributed by atoms with Crippen molar-refractivity contribution in [3.8, 4) is 5.75 Å². The zero-order valence-electron chi connectivity index (χ0n) is 14.7. The summed E-state index contributed by atoms with van der Waals surface area (Å²) in [6.07, 6.45) is 0.977. The number of ether oxygens (including phenoxy) is 1. The molecule has 4 nitrogen and oxygen atoms in total. The van der Waals surface area contributed by atoms with E-state index in [0.29, 0.717) is 28.5 Å². The number of benzene rings is 2. The molecule has 0 radical (unpaired) electrons. The molecule has 0 saturated heterocycles. The Hall–Kier alpha value is -2.53. The molecule has 1 amide bonds. The molecule has 1 aromatic heterocycles. The van der Waals surface area contributed by atoms with Gasteiger partial charge in [0.15, 0.2) is 0 Å². The quantitative estimate of drug-likeness (QED) is 0.620. The van der Waals surface area contributed by atoms with E-state index in [9.17, 15) is 9.18 Å². The zero-order chi connectivity index (χ0) is 18.7. The molecule has 26 heavy (non-hydrogen) atoms. The van der Waals surface area contributed by atoms with Gasteiger partial charge in [-0.05, 0) is 55.3 Å². The highest BCUT2D eigenvalue weighted by Crippen LogP contribution is 2.29. The van der Waals surface area contributed by atoms with Crippen LogP contribution in [0.5, 0.6) is 5.75 Å². The van der Waals surface area contributed by atoms with E-state index >= 15 is 0 Å². The number of hydrogen-bond donors (Lipinski definition) is 2. The molecular weight excluding hydrogens is 355 g/mol. The van der Waals surface area contributed by atoms with Gasteiger partial charge in [-0.1, -0.05) is 18.5 Å². The summed E-state index contributed by atoms with van der Waals surface area (Å²) in [7, 11) is 0. The highest BCUT2D eigenvalue weighted by molar-refractivity contribution is 6.31. The summed E-state index contributed by atoms with van der Waals surface area (Å²) in [6, 6.07) is 9.62. The van der Waals surface area contributed by atoms with Crippen LogP contribution in [0.4, 0.5) is 10.1 Å². The summed E-state index contributed by atoms with van der Waals surface area (Å²) < 4.78 is 19.2. The van der Waals surface area contributed by atoms with Crippen LogP contribution in [0.15, 0.2) is 36.4 Å². The van der Waals surface area contributed by atoms with Gasteiger partial charge >= 0.3 is 0 Å². The van der Waals surface area contributed by atoms with Crippen LogP contribution >= 0.6 is 11.6 Å². The lowest BCUT2D eigenvalue weighted by Crippen LogP contribution is -2.15. The summed E-state index contributed by atoms with van der Waals surface area (Å²) in [6.45, 7) is 4.42. The van der Waals surface area contributed by atoms with Gasteiger partial charge in [-0.2, -0.15) is 0 Å². The number of rotatable bonds is 6. The van der Waals surface area contributed by atoms with Gasteiger partial charge in [0, 0.05) is 21.6 Å². The van der Waals surface area contributed by atoms with Crippen molar-refractivity contribution in [2.24, 2.45) is 0 Å². The second-order valence-electron chi connectivity index (χ2n) is 6.13. The number of fused-ring (bicyclic) bond motifs is 1. The minimum Gasteiger partial charge on any atom is -0.491 e. The van der Waals surface area contributed by atoms with Gasteiger partial charge in [0.05, 0.1) is 18.7 Å². The number of nitrogens with one attached hydrogen (secondary N) is 2. The number of carbonyl (C=O) groups is 1. The van der Waals surface area contributed by atoms with Crippen molar-refractivity contribution in [2.45, 2.75) is 26.7 Å². The van der Waals surface area contributed by atoms with Crippen molar-refractivity contribution in [2.75, 3.05) is 11.9 Å². The van der Waals surface area contributed by atoms with Crippen LogP contribution in [0.3, 0.4) is 0 Å². The van der Waals surface area contributed by atoms with E-state index in [1.54, 1.807) is 24.3 Å². The van der Waals surface area contributed by atoms with E-state index in [1.165, 1.54) is 12.1 Å². The second kappa shape index (κ2) is 7.79. The molecule has 136 valence electrons. The van der Waals surface area contributed by atoms with Gasteiger partial charge in [0.1, 0.15) is 11.6 Å². The Balaban J connectivity index is 1.83. The first-order valence-electron chi connectivity index (χ1n) is 8.47. The SMILES string of the molecule is CCCOc1ccc(Cl)cc1NC(=O)Cc1c(C)[nH]c2ccc(F)cc12. The van der Waals surface area contributed by atoms with Crippen molar-refractivity contribution in [3.63, 3.8) is 0 Å². The van der Waals surface area contributed by atoms with E-state index in [2.05, 4.69) is 10.3 Å². The Labute approximate surface area is 156 Å². The lowest BCUT2D eigenvalue weighted by Gasteiger charge is -2.12. The highest BCUT2D eigenvalue weighted by atomic mass is 35.5. The first kappa shape index (κ1) is 18.3. The summed E-state index contributed by atoms with van der Waals surface area (Å²) >= 11 is 6.04. The normalized spacial score (nSPS) is 10.9. The van der Waals surface area contributed by atoms with Crippen molar-refractivity contribution in [3.05, 3.63) is 58.5 Å². The molecule has 0 aliphatic carbocycles. The van der Waals surface area contributed by atoms with Crippen molar-refractivity contribution < 1.29 is 13.9 Å². The van der Waals surface area contributed by atoms with Crippen LogP contribution in [-0.4, -0.2) is 17.5 Å². The van der Waals surface area contributed by atoms with Crippen LogP contribution in [0.25, 0.3) is 10.9 Å². The third-order valence-corrected chi connectivity index (χ3v) is 4.33. The number of aromatic amines is 1. The van der Waals surface area contributed by atoms with Gasteiger partial charge in [-0.3, -0.25) is 4.79 Å². The number of H-pyrrole nitrogens is 1. The van der Waals surface area contributed by atoms with E-state index in [1.807, 2.05) is 13.8 Å². The number of hydrogen-bond acceptors (Lipinski definition) is 2. The lowest BCUT2D eigenvalue weighted by molar-refractivity contribution is -0.115. The Kier molecular flexibility index (Phi) is 5.47. The number of halogens is 2. The number of aromatic nitrogens is 1. The van der Waals surface area contributed by atoms with Crippen LogP contribution < -0.4 is 10.1 Å². The average molecular weight is 375 g/mol. The molecule has 0 aliphatic rings. The maximum absolute atomic E-state index is 13.6. The average Bonchev–Trinajstić information content (AvgIpc) is 2.89. The molecule has 0 fully saturated rings. The number of carbonyl (C=O) groups excluding carboxylic acids is 1. The van der Waals surface area contributed by atoms with Gasteiger partial charge in [-0.15, -0.1) is 0 Å². The molecule has 3 rings (SSSR count). The standard InChI is InChI=1S/C20H20ClFN2O2/c1-3-8-26-19-7-4-13(21)9-18(19)24-20(25)11-15-12(2)23-17-6-5-14(22)10-16(15)17/h4-7,9-10,23H,3,8,11H2,1-2H3,(H,24,25). The Morgan fingerprint density at radius 2 is 2.08 bits per heavy atom. The summed E-state index contributed by atoms with van der Waals surface area (Å²) in [5, 5.41) is 4.07. The lowest BCUT2D eigenvalue weighted by atomic mass is 10.1. The molecule has 6 heteroatoms. The molecule has 0 spiro atoms. The maximum atomic E-state index is 13.6. The fourth-order valence-corrected chi connectivity index (χ4v) is 3.05. The van der Waals surface area contributed by atoms with Crippen LogP contribution in [-0.2, 0) is 11.2 Å². The predicted octanol–water partition coefficient (Wildman–Crippen LogP) is 5.24. The molecule has 2 aromatic carbocycles. The maximum Gasteiger partial charge on any atom is 0.228 e. The van der Waals surface area contributed by atoms with Crippen LogP contribution in [0.1, 0.15) is 24.6 Å². The third-order valence-electron chi connectivity index (χ3n) is 4.10. The molecule has 0 bridgehead atoms. The minimum atomic E-state index is -0.330. The zero-order valence-corrected chi connectivity index (χ0v) is 15.4. The largest absolute Gasteiger partial charge is 0.491 e. The van der Waals surface area contributed by atoms with Crippen molar-refractivity contribution in [1.29, 1.82) is 0 Å². The van der Waals surface area contributed by atoms with E-state index in [4.69, 9.17) is 16.3 Å². The number of anilines is 1. The smallest absolute Gasteiger partial charge is 0.228 e. The molecule has 1 heterocycles. The van der Waals surface area contributed by atoms with E-state index < -0.39 is 0 Å².